The largest absolute Gasteiger partial charge is 0.497 e. The third kappa shape index (κ3) is 3.32. The van der Waals surface area contributed by atoms with Gasteiger partial charge < -0.3 is 14.2 Å². The lowest BCUT2D eigenvalue weighted by atomic mass is 9.81. The van der Waals surface area contributed by atoms with E-state index >= 15 is 0 Å². The van der Waals surface area contributed by atoms with Gasteiger partial charge in [-0.25, -0.2) is 0 Å². The van der Waals surface area contributed by atoms with Crippen LogP contribution in [0.15, 0.2) is 46.9 Å². The molecule has 0 aromatic heterocycles. The fourth-order valence-corrected chi connectivity index (χ4v) is 5.07. The summed E-state index contributed by atoms with van der Waals surface area (Å²) in [4.78, 5) is 6.25. The summed E-state index contributed by atoms with van der Waals surface area (Å²) in [5.41, 5.74) is 2.12. The molecule has 0 N–H and O–H groups in total. The van der Waals surface area contributed by atoms with E-state index in [9.17, 15) is 0 Å². The monoisotopic (exact) mass is 447 g/mol. The number of hydrogen-bond acceptors (Lipinski definition) is 5. The van der Waals surface area contributed by atoms with Crippen LogP contribution in [0.25, 0.3) is 0 Å². The topological polar surface area (TPSA) is 40.2 Å². The van der Waals surface area contributed by atoms with Gasteiger partial charge in [-0.3, -0.25) is 4.84 Å². The average Bonchev–Trinajstić information content (AvgIpc) is 3.25. The van der Waals surface area contributed by atoms with Crippen molar-refractivity contribution in [1.82, 2.24) is 5.06 Å². The van der Waals surface area contributed by atoms with Gasteiger partial charge in [-0.1, -0.05) is 34.1 Å². The normalized spacial score (nSPS) is 27.0. The summed E-state index contributed by atoms with van der Waals surface area (Å²) in [5, 5.41) is 2.14. The molecular weight excluding hydrogens is 422 g/mol. The Labute approximate surface area is 174 Å². The van der Waals surface area contributed by atoms with Crippen LogP contribution in [-0.2, 0) is 21.7 Å². The molecule has 1 saturated heterocycles. The quantitative estimate of drug-likeness (QED) is 0.650. The van der Waals surface area contributed by atoms with Crippen molar-refractivity contribution >= 4 is 15.9 Å². The second-order valence-corrected chi connectivity index (χ2v) is 8.35. The van der Waals surface area contributed by atoms with E-state index < -0.39 is 0 Å². The Bertz CT molecular complexity index is 845. The van der Waals surface area contributed by atoms with Crippen LogP contribution in [0.4, 0.5) is 0 Å². The molecule has 0 amide bonds. The molecule has 2 fully saturated rings. The minimum absolute atomic E-state index is 0.213. The van der Waals surface area contributed by atoms with E-state index in [1.165, 1.54) is 5.56 Å². The first-order chi connectivity index (χ1) is 13.6. The summed E-state index contributed by atoms with van der Waals surface area (Å²) in [6.45, 7) is 1.33. The maximum atomic E-state index is 6.25. The zero-order valence-electron chi connectivity index (χ0n) is 16.5. The highest BCUT2D eigenvalue weighted by Crippen LogP contribution is 2.54. The van der Waals surface area contributed by atoms with Crippen molar-refractivity contribution < 1.29 is 19.0 Å². The van der Waals surface area contributed by atoms with Gasteiger partial charge >= 0.3 is 0 Å². The molecule has 2 aromatic carbocycles. The molecule has 1 saturated carbocycles. The van der Waals surface area contributed by atoms with Crippen LogP contribution in [-0.4, -0.2) is 39.1 Å². The Morgan fingerprint density at radius 1 is 1.14 bits per heavy atom. The van der Waals surface area contributed by atoms with Crippen molar-refractivity contribution in [3.63, 3.8) is 0 Å². The van der Waals surface area contributed by atoms with Crippen molar-refractivity contribution in [2.24, 2.45) is 5.92 Å². The Kier molecular flexibility index (Phi) is 5.65. The van der Waals surface area contributed by atoms with Crippen molar-refractivity contribution in [3.05, 3.63) is 58.1 Å². The second-order valence-electron chi connectivity index (χ2n) is 7.44. The first-order valence-electron chi connectivity index (χ1n) is 9.51. The van der Waals surface area contributed by atoms with Gasteiger partial charge in [-0.05, 0) is 36.6 Å². The molecule has 0 spiro atoms. The molecule has 0 radical (unpaired) electrons. The van der Waals surface area contributed by atoms with Gasteiger partial charge in [0.25, 0.3) is 0 Å². The summed E-state index contributed by atoms with van der Waals surface area (Å²) >= 11 is 3.64. The van der Waals surface area contributed by atoms with Crippen molar-refractivity contribution in [3.8, 4) is 11.5 Å². The number of hydrogen-bond donors (Lipinski definition) is 0. The number of nitrogens with zero attached hydrogens (tertiary/aromatic N) is 1. The SMILES string of the molecule is COc1ccc(CN2OCC3CC(OC)CC32c2cccc(Br)c2)c(OC)c1. The highest BCUT2D eigenvalue weighted by molar-refractivity contribution is 9.10. The number of ether oxygens (including phenoxy) is 3. The van der Waals surface area contributed by atoms with E-state index in [0.29, 0.717) is 19.1 Å². The van der Waals surface area contributed by atoms with Crippen molar-refractivity contribution in [2.45, 2.75) is 31.0 Å². The lowest BCUT2D eigenvalue weighted by Gasteiger charge is -2.37. The summed E-state index contributed by atoms with van der Waals surface area (Å²) in [7, 11) is 5.15. The van der Waals surface area contributed by atoms with E-state index in [0.717, 1.165) is 34.4 Å². The van der Waals surface area contributed by atoms with Crippen LogP contribution in [0.2, 0.25) is 0 Å². The predicted octanol–water partition coefficient (Wildman–Crippen LogP) is 4.53. The molecule has 28 heavy (non-hydrogen) atoms. The summed E-state index contributed by atoms with van der Waals surface area (Å²) in [6.07, 6.45) is 2.13. The molecule has 150 valence electrons. The Morgan fingerprint density at radius 3 is 2.71 bits per heavy atom. The molecular formula is C22H26BrNO4. The van der Waals surface area contributed by atoms with Crippen molar-refractivity contribution in [2.75, 3.05) is 27.9 Å². The minimum atomic E-state index is -0.213. The maximum Gasteiger partial charge on any atom is 0.127 e. The fraction of sp³-hybridized carbons (Fsp3) is 0.455. The van der Waals surface area contributed by atoms with Crippen LogP contribution in [0.3, 0.4) is 0 Å². The van der Waals surface area contributed by atoms with Crippen LogP contribution >= 0.6 is 15.9 Å². The molecule has 6 heteroatoms. The maximum absolute atomic E-state index is 6.25. The molecule has 0 bridgehead atoms. The number of methoxy groups -OCH3 is 3. The highest BCUT2D eigenvalue weighted by atomic mass is 79.9. The minimum Gasteiger partial charge on any atom is -0.497 e. The first-order valence-corrected chi connectivity index (χ1v) is 10.3. The van der Waals surface area contributed by atoms with E-state index in [4.69, 9.17) is 19.0 Å². The van der Waals surface area contributed by atoms with Gasteiger partial charge in [0.2, 0.25) is 0 Å². The zero-order chi connectivity index (χ0) is 19.7. The number of fused-ring (bicyclic) bond motifs is 1. The number of benzene rings is 2. The molecule has 5 nitrogen and oxygen atoms in total. The first kappa shape index (κ1) is 19.7. The molecule has 2 aliphatic rings. The number of halogens is 1. The van der Waals surface area contributed by atoms with Gasteiger partial charge in [0, 0.05) is 29.1 Å². The number of hydroxylamine groups is 2. The van der Waals surface area contributed by atoms with E-state index in [1.54, 1.807) is 21.3 Å². The lowest BCUT2D eigenvalue weighted by Crippen LogP contribution is -2.42. The summed E-state index contributed by atoms with van der Waals surface area (Å²) < 4.78 is 17.8. The van der Waals surface area contributed by atoms with E-state index in [1.807, 2.05) is 18.2 Å². The smallest absolute Gasteiger partial charge is 0.127 e. The van der Waals surface area contributed by atoms with Gasteiger partial charge in [-0.2, -0.15) is 5.06 Å². The Balaban J connectivity index is 1.72. The summed E-state index contributed by atoms with van der Waals surface area (Å²) in [5.74, 6) is 1.97. The average molecular weight is 448 g/mol. The Morgan fingerprint density at radius 2 is 2.00 bits per heavy atom. The predicted molar refractivity (Wildman–Crippen MR) is 110 cm³/mol. The number of rotatable bonds is 6. The molecule has 4 rings (SSSR count). The standard InChI is InChI=1S/C22H26BrNO4/c1-25-19-8-7-15(21(11-19)27-3)13-24-22(16-5-4-6-18(23)9-16)12-20(26-2)10-17(22)14-28-24/h4-9,11,17,20H,10,12-14H2,1-3H3. The molecule has 1 heterocycles. The van der Waals surface area contributed by atoms with Gasteiger partial charge in [-0.15, -0.1) is 0 Å². The fourth-order valence-electron chi connectivity index (χ4n) is 4.67. The Hall–Kier alpha value is -1.60. The van der Waals surface area contributed by atoms with E-state index in [-0.39, 0.29) is 11.6 Å². The highest BCUT2D eigenvalue weighted by Gasteiger charge is 2.57. The molecule has 3 unspecified atom stereocenters. The second kappa shape index (κ2) is 8.03. The van der Waals surface area contributed by atoms with Crippen molar-refractivity contribution in [1.29, 1.82) is 0 Å². The zero-order valence-corrected chi connectivity index (χ0v) is 18.1. The van der Waals surface area contributed by atoms with Crippen LogP contribution in [0.1, 0.15) is 24.0 Å². The van der Waals surface area contributed by atoms with Crippen LogP contribution in [0, 0.1) is 5.92 Å². The van der Waals surface area contributed by atoms with Gasteiger partial charge in [0.05, 0.1) is 39.0 Å². The van der Waals surface area contributed by atoms with Gasteiger partial charge in [0.1, 0.15) is 11.5 Å². The molecule has 2 aromatic rings. The lowest BCUT2D eigenvalue weighted by molar-refractivity contribution is -0.181. The summed E-state index contributed by atoms with van der Waals surface area (Å²) in [6, 6.07) is 14.5. The third-order valence-corrected chi connectivity index (χ3v) is 6.60. The molecule has 3 atom stereocenters. The third-order valence-electron chi connectivity index (χ3n) is 6.10. The van der Waals surface area contributed by atoms with Crippen LogP contribution in [0.5, 0.6) is 11.5 Å². The van der Waals surface area contributed by atoms with E-state index in [2.05, 4.69) is 45.3 Å². The van der Waals surface area contributed by atoms with Crippen LogP contribution < -0.4 is 9.47 Å². The molecule has 1 aliphatic carbocycles. The molecule has 1 aliphatic heterocycles. The van der Waals surface area contributed by atoms with Gasteiger partial charge in [0.15, 0.2) is 0 Å².